The lowest BCUT2D eigenvalue weighted by Gasteiger charge is -2.31. The van der Waals surface area contributed by atoms with Crippen LogP contribution in [0.5, 0.6) is 5.88 Å². The summed E-state index contributed by atoms with van der Waals surface area (Å²) >= 11 is 0. The van der Waals surface area contributed by atoms with Crippen LogP contribution in [0.15, 0.2) is 29.6 Å². The molecule has 11 heteroatoms. The molecule has 2 aromatic heterocycles. The van der Waals surface area contributed by atoms with Gasteiger partial charge in [-0.3, -0.25) is 0 Å². The van der Waals surface area contributed by atoms with Gasteiger partial charge in [-0.25, -0.2) is 28.2 Å². The summed E-state index contributed by atoms with van der Waals surface area (Å²) in [5.41, 5.74) is 0.907. The monoisotopic (exact) mass is 447 g/mol. The molecule has 4 rings (SSSR count). The van der Waals surface area contributed by atoms with Crippen LogP contribution in [0.4, 0.5) is 16.4 Å². The van der Waals surface area contributed by atoms with Crippen LogP contribution >= 0.6 is 0 Å². The maximum absolute atomic E-state index is 11.9. The molecule has 4 heterocycles. The molecule has 2 aliphatic rings. The summed E-state index contributed by atoms with van der Waals surface area (Å²) in [6, 6.07) is 3.23. The van der Waals surface area contributed by atoms with E-state index in [1.807, 2.05) is 4.90 Å². The zero-order chi connectivity index (χ0) is 22.0. The minimum atomic E-state index is -3.30. The number of hydrogen-bond donors (Lipinski definition) is 0. The highest BCUT2D eigenvalue weighted by Gasteiger charge is 2.30. The normalized spacial score (nSPS) is 16.8. The summed E-state index contributed by atoms with van der Waals surface area (Å²) in [5, 5.41) is 0. The van der Waals surface area contributed by atoms with Gasteiger partial charge < -0.3 is 19.3 Å². The van der Waals surface area contributed by atoms with E-state index in [0.717, 1.165) is 11.8 Å². The topological polar surface area (TPSA) is 115 Å². The van der Waals surface area contributed by atoms with Crippen molar-refractivity contribution in [2.75, 3.05) is 37.4 Å². The smallest absolute Gasteiger partial charge is 0.409 e. The van der Waals surface area contributed by atoms with Crippen molar-refractivity contribution >= 4 is 27.6 Å². The van der Waals surface area contributed by atoms with Gasteiger partial charge in [0.15, 0.2) is 9.84 Å². The van der Waals surface area contributed by atoms with Crippen molar-refractivity contribution in [2.24, 2.45) is 0 Å². The first-order chi connectivity index (χ1) is 14.9. The first kappa shape index (κ1) is 21.3. The molecule has 0 N–H and O–H groups in total. The average molecular weight is 448 g/mol. The molecule has 166 valence electrons. The number of nitrogens with zero attached hydrogens (tertiary/aromatic N) is 5. The second-order valence-corrected chi connectivity index (χ2v) is 9.53. The van der Waals surface area contributed by atoms with Gasteiger partial charge in [0.1, 0.15) is 24.1 Å². The fraction of sp³-hybridized carbons (Fsp3) is 0.500. The molecule has 0 bridgehead atoms. The molecule has 0 unspecified atom stereocenters. The Morgan fingerprint density at radius 3 is 2.58 bits per heavy atom. The van der Waals surface area contributed by atoms with Gasteiger partial charge in [-0.15, -0.1) is 0 Å². The van der Waals surface area contributed by atoms with E-state index < -0.39 is 9.84 Å². The summed E-state index contributed by atoms with van der Waals surface area (Å²) in [6.07, 6.45) is 5.76. The van der Waals surface area contributed by atoms with Crippen LogP contribution in [0, 0.1) is 0 Å². The lowest BCUT2D eigenvalue weighted by molar-refractivity contribution is 0.0685. The third kappa shape index (κ3) is 4.55. The highest BCUT2D eigenvalue weighted by Crippen LogP contribution is 2.36. The lowest BCUT2D eigenvalue weighted by Crippen LogP contribution is -2.42. The maximum Gasteiger partial charge on any atom is 0.409 e. The van der Waals surface area contributed by atoms with Crippen LogP contribution < -0.4 is 9.64 Å². The Morgan fingerprint density at radius 1 is 1.16 bits per heavy atom. The fourth-order valence-electron chi connectivity index (χ4n) is 3.77. The highest BCUT2D eigenvalue weighted by atomic mass is 32.2. The van der Waals surface area contributed by atoms with E-state index in [9.17, 15) is 13.2 Å². The molecule has 0 aromatic carbocycles. The van der Waals surface area contributed by atoms with Gasteiger partial charge in [0.05, 0.1) is 17.1 Å². The number of sulfone groups is 1. The lowest BCUT2D eigenvalue weighted by atomic mass is 10.1. The van der Waals surface area contributed by atoms with Gasteiger partial charge in [-0.1, -0.05) is 0 Å². The summed E-state index contributed by atoms with van der Waals surface area (Å²) in [7, 11) is -3.30. The number of carbonyl (C=O) groups excluding carboxylic acids is 1. The molecule has 0 saturated carbocycles. The number of fused-ring (bicyclic) bond motifs is 1. The first-order valence-corrected chi connectivity index (χ1v) is 12.1. The average Bonchev–Trinajstić information content (AvgIpc) is 3.19. The van der Waals surface area contributed by atoms with Gasteiger partial charge >= 0.3 is 6.09 Å². The van der Waals surface area contributed by atoms with Crippen LogP contribution in [-0.4, -0.2) is 73.0 Å². The van der Waals surface area contributed by atoms with Crippen LogP contribution in [0.25, 0.3) is 0 Å². The molecule has 0 aliphatic carbocycles. The van der Waals surface area contributed by atoms with Crippen molar-refractivity contribution in [3.8, 4) is 5.88 Å². The van der Waals surface area contributed by atoms with Crippen molar-refractivity contribution in [3.63, 3.8) is 0 Å². The van der Waals surface area contributed by atoms with Crippen molar-refractivity contribution in [2.45, 2.75) is 37.2 Å². The van der Waals surface area contributed by atoms with Crippen LogP contribution in [0.2, 0.25) is 0 Å². The number of anilines is 2. The van der Waals surface area contributed by atoms with E-state index in [1.165, 1.54) is 12.5 Å². The van der Waals surface area contributed by atoms with E-state index in [4.69, 9.17) is 9.47 Å². The van der Waals surface area contributed by atoms with Gasteiger partial charge in [-0.2, -0.15) is 0 Å². The van der Waals surface area contributed by atoms with Gasteiger partial charge in [0.25, 0.3) is 0 Å². The van der Waals surface area contributed by atoms with E-state index in [0.29, 0.717) is 63.0 Å². The minimum Gasteiger partial charge on any atom is -0.474 e. The predicted molar refractivity (Wildman–Crippen MR) is 112 cm³/mol. The van der Waals surface area contributed by atoms with Gasteiger partial charge in [0.2, 0.25) is 5.88 Å². The second-order valence-electron chi connectivity index (χ2n) is 7.51. The van der Waals surface area contributed by atoms with E-state index >= 15 is 0 Å². The molecule has 31 heavy (non-hydrogen) atoms. The molecule has 2 aromatic rings. The summed E-state index contributed by atoms with van der Waals surface area (Å²) in [4.78, 5) is 28.7. The largest absolute Gasteiger partial charge is 0.474 e. The number of hydrogen-bond acceptors (Lipinski definition) is 9. The number of ether oxygens (including phenoxy) is 2. The summed E-state index contributed by atoms with van der Waals surface area (Å²) in [6.45, 7) is 3.98. The number of rotatable bonds is 5. The zero-order valence-corrected chi connectivity index (χ0v) is 18.3. The Kier molecular flexibility index (Phi) is 5.94. The first-order valence-electron chi connectivity index (χ1n) is 10.2. The SMILES string of the molecule is CCOC(=O)N1CCC(Oc2ncnc3c2CCN3c2ccc(S(C)(=O)=O)cn2)CC1. The third-order valence-electron chi connectivity index (χ3n) is 5.40. The van der Waals surface area contributed by atoms with Crippen molar-refractivity contribution < 1.29 is 22.7 Å². The molecule has 2 aliphatic heterocycles. The van der Waals surface area contributed by atoms with Crippen LogP contribution in [-0.2, 0) is 21.0 Å². The number of amides is 1. The number of aromatic nitrogens is 3. The number of carbonyl (C=O) groups is 1. The quantitative estimate of drug-likeness (QED) is 0.678. The van der Waals surface area contributed by atoms with Gasteiger partial charge in [-0.05, 0) is 25.5 Å². The number of likely N-dealkylation sites (tertiary alicyclic amines) is 1. The minimum absolute atomic E-state index is 0.0362. The Hall–Kier alpha value is -2.95. The Morgan fingerprint density at radius 2 is 1.94 bits per heavy atom. The molecule has 0 radical (unpaired) electrons. The van der Waals surface area contributed by atoms with E-state index in [-0.39, 0.29) is 17.1 Å². The number of piperidine rings is 1. The van der Waals surface area contributed by atoms with Crippen molar-refractivity contribution in [1.82, 2.24) is 19.9 Å². The Balaban J connectivity index is 1.45. The molecular formula is C20H25N5O5S. The Labute approximate surface area is 181 Å². The second kappa shape index (κ2) is 8.66. The number of pyridine rings is 1. The molecular weight excluding hydrogens is 422 g/mol. The predicted octanol–water partition coefficient (Wildman–Crippen LogP) is 1.97. The molecule has 1 saturated heterocycles. The molecule has 1 amide bonds. The molecule has 0 spiro atoms. The van der Waals surface area contributed by atoms with Gasteiger partial charge in [0, 0.05) is 44.9 Å². The van der Waals surface area contributed by atoms with Crippen LogP contribution in [0.1, 0.15) is 25.3 Å². The van der Waals surface area contributed by atoms with Crippen molar-refractivity contribution in [3.05, 3.63) is 30.2 Å². The van der Waals surface area contributed by atoms with E-state index in [2.05, 4.69) is 15.0 Å². The fourth-order valence-corrected chi connectivity index (χ4v) is 4.33. The highest BCUT2D eigenvalue weighted by molar-refractivity contribution is 7.90. The zero-order valence-electron chi connectivity index (χ0n) is 17.5. The summed E-state index contributed by atoms with van der Waals surface area (Å²) < 4.78 is 34.6. The Bertz CT molecular complexity index is 1050. The van der Waals surface area contributed by atoms with Crippen molar-refractivity contribution in [1.29, 1.82) is 0 Å². The maximum atomic E-state index is 11.9. The van der Waals surface area contributed by atoms with E-state index in [1.54, 1.807) is 24.0 Å². The standard InChI is InChI=1S/C20H25N5O5S/c1-3-29-20(26)24-9-6-14(7-10-24)30-19-16-8-11-25(18(16)22-13-23-19)17-5-4-15(12-21-17)31(2,27)28/h4-5,12-14H,3,6-11H2,1-2H3. The summed E-state index contributed by atoms with van der Waals surface area (Å²) in [5.74, 6) is 1.89. The van der Waals surface area contributed by atoms with Crippen LogP contribution in [0.3, 0.4) is 0 Å². The third-order valence-corrected chi connectivity index (χ3v) is 6.49. The molecule has 10 nitrogen and oxygen atoms in total. The molecule has 0 atom stereocenters. The molecule has 1 fully saturated rings.